The molecule has 0 atom stereocenters. The van der Waals surface area contributed by atoms with Gasteiger partial charge in [-0.1, -0.05) is 24.4 Å². The van der Waals surface area contributed by atoms with Gasteiger partial charge in [0.15, 0.2) is 0 Å². The van der Waals surface area contributed by atoms with Gasteiger partial charge >= 0.3 is 0 Å². The minimum Gasteiger partial charge on any atom is -0.495 e. The number of nitrogens with zero attached hydrogens (tertiary/aromatic N) is 2. The van der Waals surface area contributed by atoms with Crippen molar-refractivity contribution >= 4 is 17.3 Å². The first-order valence-electron chi connectivity index (χ1n) is 7.38. The average Bonchev–Trinajstić information content (AvgIpc) is 3.16. The zero-order valence-electron chi connectivity index (χ0n) is 12.2. The summed E-state index contributed by atoms with van der Waals surface area (Å²) in [4.78, 5) is 0. The second-order valence-corrected chi connectivity index (χ2v) is 5.84. The van der Waals surface area contributed by atoms with Gasteiger partial charge in [0.2, 0.25) is 0 Å². The third-order valence-corrected chi connectivity index (χ3v) is 4.28. The molecule has 0 saturated heterocycles. The lowest BCUT2D eigenvalue weighted by molar-refractivity contribution is 0.415. The molecule has 0 bridgehead atoms. The van der Waals surface area contributed by atoms with E-state index in [0.717, 1.165) is 11.4 Å². The second-order valence-electron chi connectivity index (χ2n) is 5.43. The fourth-order valence-electron chi connectivity index (χ4n) is 2.81. The number of benzene rings is 1. The van der Waals surface area contributed by atoms with Crippen molar-refractivity contribution in [1.29, 1.82) is 0 Å². The van der Waals surface area contributed by atoms with E-state index in [1.165, 1.54) is 25.7 Å². The van der Waals surface area contributed by atoms with E-state index in [4.69, 9.17) is 16.3 Å². The lowest BCUT2D eigenvalue weighted by atomic mass is 10.3. The molecule has 0 spiro atoms. The Hall–Kier alpha value is -1.68. The summed E-state index contributed by atoms with van der Waals surface area (Å²) in [6, 6.07) is 8.36. The molecule has 1 aromatic carbocycles. The highest BCUT2D eigenvalue weighted by molar-refractivity contribution is 6.32. The van der Waals surface area contributed by atoms with Crippen LogP contribution in [0.2, 0.25) is 5.02 Å². The Bertz CT molecular complexity index is 605. The Morgan fingerprint density at radius 3 is 2.86 bits per heavy atom. The third kappa shape index (κ3) is 3.32. The maximum Gasteiger partial charge on any atom is 0.137 e. The van der Waals surface area contributed by atoms with Gasteiger partial charge in [-0.25, -0.2) is 0 Å². The molecule has 21 heavy (non-hydrogen) atoms. The van der Waals surface area contributed by atoms with Crippen LogP contribution in [0.15, 0.2) is 30.5 Å². The van der Waals surface area contributed by atoms with E-state index in [-0.39, 0.29) is 0 Å². The predicted molar refractivity (Wildman–Crippen MR) is 85.1 cm³/mol. The molecular weight excluding hydrogens is 286 g/mol. The van der Waals surface area contributed by atoms with Crippen molar-refractivity contribution in [2.45, 2.75) is 38.3 Å². The molecule has 1 aliphatic carbocycles. The molecule has 2 aromatic rings. The number of halogens is 1. The van der Waals surface area contributed by atoms with Crippen LogP contribution in [0.3, 0.4) is 0 Å². The fourth-order valence-corrected chi connectivity index (χ4v) is 3.07. The zero-order valence-corrected chi connectivity index (χ0v) is 12.9. The summed E-state index contributed by atoms with van der Waals surface area (Å²) in [6.07, 6.45) is 7.24. The molecule has 1 saturated carbocycles. The highest BCUT2D eigenvalue weighted by Crippen LogP contribution is 2.29. The molecule has 1 N–H and O–H groups in total. The highest BCUT2D eigenvalue weighted by Gasteiger charge is 2.17. The van der Waals surface area contributed by atoms with Gasteiger partial charge in [-0.2, -0.15) is 5.10 Å². The van der Waals surface area contributed by atoms with Crippen molar-refractivity contribution in [3.8, 4) is 5.75 Å². The molecule has 5 heteroatoms. The van der Waals surface area contributed by atoms with E-state index in [2.05, 4.69) is 27.4 Å². The van der Waals surface area contributed by atoms with Crippen LogP contribution in [0.4, 0.5) is 5.69 Å². The average molecular weight is 306 g/mol. The van der Waals surface area contributed by atoms with Crippen molar-refractivity contribution in [3.63, 3.8) is 0 Å². The van der Waals surface area contributed by atoms with E-state index in [0.29, 0.717) is 23.4 Å². The standard InChI is InChI=1S/C16H20ClN3O/c1-21-16-7-6-12(10-15(16)17)18-11-13-8-9-20(19-13)14-4-2-3-5-14/h6-10,14,18H,2-5,11H2,1H3. The number of anilines is 1. The number of hydrogen-bond donors (Lipinski definition) is 1. The lowest BCUT2D eigenvalue weighted by Gasteiger charge is -2.10. The van der Waals surface area contributed by atoms with Gasteiger partial charge in [0.1, 0.15) is 5.75 Å². The van der Waals surface area contributed by atoms with Crippen LogP contribution in [-0.4, -0.2) is 16.9 Å². The molecule has 0 aliphatic heterocycles. The van der Waals surface area contributed by atoms with E-state index in [1.54, 1.807) is 7.11 Å². The molecule has 1 heterocycles. The summed E-state index contributed by atoms with van der Waals surface area (Å²) in [5.41, 5.74) is 2.02. The van der Waals surface area contributed by atoms with Gasteiger partial charge in [-0.3, -0.25) is 4.68 Å². The molecule has 1 fully saturated rings. The van der Waals surface area contributed by atoms with Gasteiger partial charge < -0.3 is 10.1 Å². The number of ether oxygens (including phenoxy) is 1. The fraction of sp³-hybridized carbons (Fsp3) is 0.438. The second kappa shape index (κ2) is 6.39. The maximum absolute atomic E-state index is 6.12. The van der Waals surface area contributed by atoms with Crippen LogP contribution in [0.5, 0.6) is 5.75 Å². The number of aromatic nitrogens is 2. The molecule has 0 unspecified atom stereocenters. The van der Waals surface area contributed by atoms with Gasteiger partial charge in [0.25, 0.3) is 0 Å². The maximum atomic E-state index is 6.12. The van der Waals surface area contributed by atoms with Crippen LogP contribution in [-0.2, 0) is 6.54 Å². The Kier molecular flexibility index (Phi) is 4.34. The summed E-state index contributed by atoms with van der Waals surface area (Å²) in [6.45, 7) is 0.697. The molecule has 112 valence electrons. The van der Waals surface area contributed by atoms with Crippen molar-refractivity contribution in [2.24, 2.45) is 0 Å². The van der Waals surface area contributed by atoms with Crippen molar-refractivity contribution < 1.29 is 4.74 Å². The Balaban J connectivity index is 1.61. The first-order chi connectivity index (χ1) is 10.3. The molecule has 3 rings (SSSR count). The van der Waals surface area contributed by atoms with Crippen LogP contribution < -0.4 is 10.1 Å². The van der Waals surface area contributed by atoms with Gasteiger partial charge in [0.05, 0.1) is 30.4 Å². The minimum atomic E-state index is 0.592. The van der Waals surface area contributed by atoms with Crippen LogP contribution >= 0.6 is 11.6 Å². The molecular formula is C16H20ClN3O. The lowest BCUT2D eigenvalue weighted by Crippen LogP contribution is -2.07. The number of hydrogen-bond acceptors (Lipinski definition) is 3. The summed E-state index contributed by atoms with van der Waals surface area (Å²) >= 11 is 6.12. The highest BCUT2D eigenvalue weighted by atomic mass is 35.5. The van der Waals surface area contributed by atoms with Crippen LogP contribution in [0.1, 0.15) is 37.4 Å². The Morgan fingerprint density at radius 2 is 2.14 bits per heavy atom. The number of nitrogens with one attached hydrogen (secondary N) is 1. The third-order valence-electron chi connectivity index (χ3n) is 3.99. The number of methoxy groups -OCH3 is 1. The molecule has 1 aromatic heterocycles. The minimum absolute atomic E-state index is 0.592. The van der Waals surface area contributed by atoms with Crippen LogP contribution in [0.25, 0.3) is 0 Å². The first kappa shape index (κ1) is 14.3. The van der Waals surface area contributed by atoms with Crippen molar-refractivity contribution in [3.05, 3.63) is 41.2 Å². The largest absolute Gasteiger partial charge is 0.495 e. The summed E-state index contributed by atoms with van der Waals surface area (Å²) in [5.74, 6) is 0.688. The van der Waals surface area contributed by atoms with Crippen molar-refractivity contribution in [1.82, 2.24) is 9.78 Å². The Labute approximate surface area is 130 Å². The monoisotopic (exact) mass is 305 g/mol. The van der Waals surface area contributed by atoms with E-state index in [9.17, 15) is 0 Å². The molecule has 0 radical (unpaired) electrons. The SMILES string of the molecule is COc1ccc(NCc2ccn(C3CCCC3)n2)cc1Cl. The predicted octanol–water partition coefficient (Wildman–Crippen LogP) is 4.27. The Morgan fingerprint density at radius 1 is 1.33 bits per heavy atom. The first-order valence-corrected chi connectivity index (χ1v) is 7.75. The molecule has 1 aliphatic rings. The van der Waals surface area contributed by atoms with Crippen molar-refractivity contribution in [2.75, 3.05) is 12.4 Å². The van der Waals surface area contributed by atoms with Gasteiger partial charge in [-0.15, -0.1) is 0 Å². The van der Waals surface area contributed by atoms with Gasteiger partial charge in [-0.05, 0) is 37.1 Å². The summed E-state index contributed by atoms with van der Waals surface area (Å²) in [5, 5.41) is 8.61. The number of rotatable bonds is 5. The van der Waals surface area contributed by atoms with E-state index >= 15 is 0 Å². The topological polar surface area (TPSA) is 39.1 Å². The zero-order chi connectivity index (χ0) is 14.7. The normalized spacial score (nSPS) is 15.3. The van der Waals surface area contributed by atoms with Crippen LogP contribution in [0, 0.1) is 0 Å². The smallest absolute Gasteiger partial charge is 0.137 e. The quantitative estimate of drug-likeness (QED) is 0.896. The van der Waals surface area contributed by atoms with E-state index < -0.39 is 0 Å². The van der Waals surface area contributed by atoms with Gasteiger partial charge in [0, 0.05) is 11.9 Å². The summed E-state index contributed by atoms with van der Waals surface area (Å²) in [7, 11) is 1.62. The molecule has 4 nitrogen and oxygen atoms in total. The molecule has 0 amide bonds. The summed E-state index contributed by atoms with van der Waals surface area (Å²) < 4.78 is 7.26. The van der Waals surface area contributed by atoms with E-state index in [1.807, 2.05) is 18.2 Å².